The molecule has 0 heterocycles. The third-order valence-corrected chi connectivity index (χ3v) is 4.13. The molecule has 0 bridgehead atoms. The zero-order valence-electron chi connectivity index (χ0n) is 12.6. The summed E-state index contributed by atoms with van der Waals surface area (Å²) in [7, 11) is 0. The lowest BCUT2D eigenvalue weighted by Crippen LogP contribution is -2.39. The number of aliphatic hydroxyl groups excluding tert-OH is 1. The fourth-order valence-corrected chi connectivity index (χ4v) is 2.14. The van der Waals surface area contributed by atoms with Gasteiger partial charge in [-0.1, -0.05) is 13.8 Å². The number of benzene rings is 1. The lowest BCUT2D eigenvalue weighted by atomic mass is 9.83. The first kappa shape index (κ1) is 17.6. The highest BCUT2D eigenvalue weighted by Gasteiger charge is 2.25. The number of carbonyl (C=O) groups excluding carboxylic acids is 1. The summed E-state index contributed by atoms with van der Waals surface area (Å²) in [5.74, 6) is -1.24. The van der Waals surface area contributed by atoms with Gasteiger partial charge in [0.05, 0.1) is 6.61 Å². The molecule has 0 aliphatic carbocycles. The molecule has 0 atom stereocenters. The fourth-order valence-electron chi connectivity index (χ4n) is 2.14. The van der Waals surface area contributed by atoms with E-state index >= 15 is 0 Å². The summed E-state index contributed by atoms with van der Waals surface area (Å²) in [6, 6.07) is 3.23. The third-order valence-electron chi connectivity index (χ3n) is 4.13. The van der Waals surface area contributed by atoms with E-state index in [-0.39, 0.29) is 36.3 Å². The number of aryl methyl sites for hydroxylation is 1. The highest BCUT2D eigenvalue weighted by Crippen LogP contribution is 2.24. The predicted molar refractivity (Wildman–Crippen MR) is 77.8 cm³/mol. The van der Waals surface area contributed by atoms with Crippen molar-refractivity contribution in [3.8, 4) is 0 Å². The van der Waals surface area contributed by atoms with Crippen molar-refractivity contribution < 1.29 is 18.7 Å². The smallest absolute Gasteiger partial charge is 0.220 e. The molecule has 0 aliphatic rings. The molecular weight excluding hydrogens is 276 g/mol. The van der Waals surface area contributed by atoms with Crippen molar-refractivity contribution in [2.45, 2.75) is 39.5 Å². The first-order chi connectivity index (χ1) is 9.96. The summed E-state index contributed by atoms with van der Waals surface area (Å²) in [6.45, 7) is 4.34. The van der Waals surface area contributed by atoms with E-state index in [1.165, 1.54) is 0 Å². The Hall–Kier alpha value is -1.49. The zero-order chi connectivity index (χ0) is 15.9. The summed E-state index contributed by atoms with van der Waals surface area (Å²) < 4.78 is 26.4. The Morgan fingerprint density at radius 3 is 2.52 bits per heavy atom. The molecule has 0 saturated carbocycles. The maximum Gasteiger partial charge on any atom is 0.220 e. The third kappa shape index (κ3) is 5.08. The normalized spacial score (nSPS) is 11.5. The van der Waals surface area contributed by atoms with Crippen LogP contribution in [-0.4, -0.2) is 24.2 Å². The molecule has 2 N–H and O–H groups in total. The van der Waals surface area contributed by atoms with Gasteiger partial charge in [-0.05, 0) is 43.0 Å². The second-order valence-electron chi connectivity index (χ2n) is 5.38. The monoisotopic (exact) mass is 299 g/mol. The zero-order valence-corrected chi connectivity index (χ0v) is 12.6. The van der Waals surface area contributed by atoms with Gasteiger partial charge in [0.15, 0.2) is 0 Å². The van der Waals surface area contributed by atoms with Crippen molar-refractivity contribution in [1.82, 2.24) is 5.32 Å². The second kappa shape index (κ2) is 8.08. The van der Waals surface area contributed by atoms with Crippen molar-refractivity contribution in [2.75, 3.05) is 13.2 Å². The second-order valence-corrected chi connectivity index (χ2v) is 5.38. The topological polar surface area (TPSA) is 49.3 Å². The van der Waals surface area contributed by atoms with E-state index in [1.54, 1.807) is 0 Å². The van der Waals surface area contributed by atoms with Gasteiger partial charge in [0.25, 0.3) is 0 Å². The number of amides is 1. The number of halogens is 2. The molecule has 118 valence electrons. The SMILES string of the molecule is CCC(CC)(CO)CNC(=O)CCc1cc(F)ccc1F. The van der Waals surface area contributed by atoms with Crippen LogP contribution in [0.3, 0.4) is 0 Å². The van der Waals surface area contributed by atoms with E-state index in [1.807, 2.05) is 13.8 Å². The van der Waals surface area contributed by atoms with Crippen molar-refractivity contribution in [3.63, 3.8) is 0 Å². The van der Waals surface area contributed by atoms with Crippen LogP contribution in [0.1, 0.15) is 38.7 Å². The van der Waals surface area contributed by atoms with Crippen LogP contribution in [0, 0.1) is 17.0 Å². The maximum atomic E-state index is 13.4. The fraction of sp³-hybridized carbons (Fsp3) is 0.562. The number of hydrogen-bond acceptors (Lipinski definition) is 2. The Kier molecular flexibility index (Phi) is 6.75. The van der Waals surface area contributed by atoms with E-state index in [9.17, 15) is 18.7 Å². The summed E-state index contributed by atoms with van der Waals surface area (Å²) >= 11 is 0. The highest BCUT2D eigenvalue weighted by molar-refractivity contribution is 5.76. The van der Waals surface area contributed by atoms with Gasteiger partial charge in [-0.25, -0.2) is 8.78 Å². The molecule has 0 unspecified atom stereocenters. The van der Waals surface area contributed by atoms with E-state index in [0.29, 0.717) is 6.54 Å². The van der Waals surface area contributed by atoms with Gasteiger partial charge in [0.2, 0.25) is 5.91 Å². The van der Waals surface area contributed by atoms with Crippen molar-refractivity contribution >= 4 is 5.91 Å². The predicted octanol–water partition coefficient (Wildman–Crippen LogP) is 2.81. The van der Waals surface area contributed by atoms with E-state index in [4.69, 9.17) is 0 Å². The van der Waals surface area contributed by atoms with Crippen LogP contribution in [0.15, 0.2) is 18.2 Å². The van der Waals surface area contributed by atoms with Gasteiger partial charge in [0, 0.05) is 18.4 Å². The molecule has 21 heavy (non-hydrogen) atoms. The Morgan fingerprint density at radius 2 is 1.95 bits per heavy atom. The minimum absolute atomic E-state index is 0.0127. The van der Waals surface area contributed by atoms with E-state index < -0.39 is 11.6 Å². The van der Waals surface area contributed by atoms with E-state index in [0.717, 1.165) is 31.0 Å². The van der Waals surface area contributed by atoms with Crippen LogP contribution >= 0.6 is 0 Å². The molecule has 1 aromatic rings. The molecule has 1 amide bonds. The lowest BCUT2D eigenvalue weighted by molar-refractivity contribution is -0.121. The first-order valence-corrected chi connectivity index (χ1v) is 7.28. The number of rotatable bonds is 8. The molecular formula is C16H23F2NO2. The Morgan fingerprint density at radius 1 is 1.29 bits per heavy atom. The quantitative estimate of drug-likeness (QED) is 0.775. The largest absolute Gasteiger partial charge is 0.396 e. The molecule has 5 heteroatoms. The van der Waals surface area contributed by atoms with Gasteiger partial charge in [-0.3, -0.25) is 4.79 Å². The first-order valence-electron chi connectivity index (χ1n) is 7.28. The van der Waals surface area contributed by atoms with Gasteiger partial charge in [-0.15, -0.1) is 0 Å². The average Bonchev–Trinajstić information content (AvgIpc) is 2.50. The summed E-state index contributed by atoms with van der Waals surface area (Å²) in [4.78, 5) is 11.8. The standard InChI is InChI=1S/C16H23F2NO2/c1-3-16(4-2,11-20)10-19-15(21)8-5-12-9-13(17)6-7-14(12)18/h6-7,9,20H,3-5,8,10-11H2,1-2H3,(H,19,21). The highest BCUT2D eigenvalue weighted by atomic mass is 19.1. The molecule has 3 nitrogen and oxygen atoms in total. The number of nitrogens with one attached hydrogen (secondary N) is 1. The van der Waals surface area contributed by atoms with Crippen LogP contribution in [0.5, 0.6) is 0 Å². The molecule has 1 aromatic carbocycles. The molecule has 1 rings (SSSR count). The van der Waals surface area contributed by atoms with Gasteiger partial charge in [-0.2, -0.15) is 0 Å². The minimum atomic E-state index is -0.511. The molecule has 0 aromatic heterocycles. The van der Waals surface area contributed by atoms with Crippen molar-refractivity contribution in [3.05, 3.63) is 35.4 Å². The summed E-state index contributed by atoms with van der Waals surface area (Å²) in [5, 5.41) is 12.2. The summed E-state index contributed by atoms with van der Waals surface area (Å²) in [5.41, 5.74) is -0.107. The molecule has 0 aliphatic heterocycles. The maximum absolute atomic E-state index is 13.4. The Labute approximate surface area is 124 Å². The van der Waals surface area contributed by atoms with Crippen LogP contribution in [0.25, 0.3) is 0 Å². The molecule has 0 spiro atoms. The van der Waals surface area contributed by atoms with Crippen molar-refractivity contribution in [1.29, 1.82) is 0 Å². The lowest BCUT2D eigenvalue weighted by Gasteiger charge is -2.29. The van der Waals surface area contributed by atoms with Crippen LogP contribution in [0.2, 0.25) is 0 Å². The molecule has 0 saturated heterocycles. The number of aliphatic hydroxyl groups is 1. The van der Waals surface area contributed by atoms with Gasteiger partial charge >= 0.3 is 0 Å². The molecule has 0 fully saturated rings. The van der Waals surface area contributed by atoms with Gasteiger partial charge in [0.1, 0.15) is 11.6 Å². The minimum Gasteiger partial charge on any atom is -0.396 e. The van der Waals surface area contributed by atoms with Crippen LogP contribution in [0.4, 0.5) is 8.78 Å². The van der Waals surface area contributed by atoms with Crippen LogP contribution < -0.4 is 5.32 Å². The van der Waals surface area contributed by atoms with E-state index in [2.05, 4.69) is 5.32 Å². The van der Waals surface area contributed by atoms with Gasteiger partial charge < -0.3 is 10.4 Å². The number of hydrogen-bond donors (Lipinski definition) is 2. The Balaban J connectivity index is 2.49. The Bertz CT molecular complexity index is 465. The molecule has 0 radical (unpaired) electrons. The summed E-state index contributed by atoms with van der Waals surface area (Å²) in [6.07, 6.45) is 1.77. The van der Waals surface area contributed by atoms with Crippen LogP contribution in [-0.2, 0) is 11.2 Å². The average molecular weight is 299 g/mol. The number of carbonyl (C=O) groups is 1. The van der Waals surface area contributed by atoms with Crippen molar-refractivity contribution in [2.24, 2.45) is 5.41 Å².